The lowest BCUT2D eigenvalue weighted by atomic mass is 10.1. The number of para-hydroxylation sites is 2. The van der Waals surface area contributed by atoms with Crippen LogP contribution in [0.4, 0.5) is 5.69 Å². The van der Waals surface area contributed by atoms with Crippen molar-refractivity contribution in [3.05, 3.63) is 107 Å². The Hall–Kier alpha value is -4.19. The molecule has 1 N–H and O–H groups in total. The average Bonchev–Trinajstić information content (AvgIpc) is 3.11. The van der Waals surface area contributed by atoms with Gasteiger partial charge in [0.15, 0.2) is 0 Å². The second-order valence-electron chi connectivity index (χ2n) is 7.40. The van der Waals surface area contributed by atoms with Crippen LogP contribution in [0, 0.1) is 0 Å². The largest absolute Gasteiger partial charge is 0.342 e. The molecule has 5 rings (SSSR count). The number of fused-ring (bicyclic) bond motifs is 3. The number of hydrogen-bond donors (Lipinski definition) is 1. The van der Waals surface area contributed by atoms with Gasteiger partial charge in [0.1, 0.15) is 12.2 Å². The SMILES string of the molecule is O=C(Cn1nc2c3ccccc3n(Cc3ccccc3)cc-2c1=O)Nc1ccccc1. The van der Waals surface area contributed by atoms with Gasteiger partial charge in [0.05, 0.1) is 11.1 Å². The zero-order valence-electron chi connectivity index (χ0n) is 16.7. The zero-order valence-corrected chi connectivity index (χ0v) is 16.7. The minimum atomic E-state index is -0.294. The number of amides is 1. The number of rotatable bonds is 5. The Labute approximate surface area is 178 Å². The molecule has 0 unspecified atom stereocenters. The topological polar surface area (TPSA) is 68.9 Å². The molecule has 0 fully saturated rings. The molecule has 1 amide bonds. The van der Waals surface area contributed by atoms with E-state index < -0.39 is 0 Å². The van der Waals surface area contributed by atoms with E-state index in [4.69, 9.17) is 0 Å². The van der Waals surface area contributed by atoms with Crippen molar-refractivity contribution in [2.24, 2.45) is 0 Å². The van der Waals surface area contributed by atoms with Crippen LogP contribution >= 0.6 is 0 Å². The van der Waals surface area contributed by atoms with Crippen molar-refractivity contribution in [1.29, 1.82) is 0 Å². The quantitative estimate of drug-likeness (QED) is 0.478. The molecule has 0 aliphatic carbocycles. The summed E-state index contributed by atoms with van der Waals surface area (Å²) in [5, 5.41) is 8.18. The number of nitrogens with zero attached hydrogens (tertiary/aromatic N) is 3. The fraction of sp³-hybridized carbons (Fsp3) is 0.0800. The Bertz CT molecular complexity index is 1390. The third-order valence-electron chi connectivity index (χ3n) is 5.24. The van der Waals surface area contributed by atoms with Gasteiger partial charge in [-0.2, -0.15) is 5.10 Å². The number of aromatic nitrogens is 3. The predicted octanol–water partition coefficient (Wildman–Crippen LogP) is 3.99. The molecular formula is C25H20N4O2. The summed E-state index contributed by atoms with van der Waals surface area (Å²) in [5.74, 6) is -0.294. The summed E-state index contributed by atoms with van der Waals surface area (Å²) in [6.07, 6.45) is 1.84. The number of hydrogen-bond acceptors (Lipinski definition) is 3. The Morgan fingerprint density at radius 3 is 2.32 bits per heavy atom. The predicted molar refractivity (Wildman–Crippen MR) is 121 cm³/mol. The van der Waals surface area contributed by atoms with Crippen LogP contribution in [0.2, 0.25) is 0 Å². The van der Waals surface area contributed by atoms with Crippen LogP contribution in [0.1, 0.15) is 5.56 Å². The highest BCUT2D eigenvalue weighted by molar-refractivity contribution is 5.94. The highest BCUT2D eigenvalue weighted by atomic mass is 16.2. The van der Waals surface area contributed by atoms with Crippen molar-refractivity contribution >= 4 is 22.5 Å². The molecule has 31 heavy (non-hydrogen) atoms. The van der Waals surface area contributed by atoms with Gasteiger partial charge in [0, 0.05) is 23.8 Å². The molecule has 0 atom stereocenters. The summed E-state index contributed by atoms with van der Waals surface area (Å²) < 4.78 is 3.30. The lowest BCUT2D eigenvalue weighted by Crippen LogP contribution is -2.26. The Kier molecular flexibility index (Phi) is 4.80. The summed E-state index contributed by atoms with van der Waals surface area (Å²) in [4.78, 5) is 25.5. The van der Waals surface area contributed by atoms with Crippen LogP contribution in [-0.2, 0) is 17.9 Å². The molecule has 2 aliphatic rings. The summed E-state index contributed by atoms with van der Waals surface area (Å²) in [7, 11) is 0. The molecule has 2 heterocycles. The first-order valence-corrected chi connectivity index (χ1v) is 10.1. The van der Waals surface area contributed by atoms with Crippen molar-refractivity contribution in [1.82, 2.24) is 14.3 Å². The van der Waals surface area contributed by atoms with Gasteiger partial charge >= 0.3 is 0 Å². The molecule has 0 saturated heterocycles. The third kappa shape index (κ3) is 3.71. The maximum atomic E-state index is 13.1. The van der Waals surface area contributed by atoms with E-state index in [1.165, 1.54) is 4.68 Å². The number of anilines is 1. The van der Waals surface area contributed by atoms with Gasteiger partial charge in [0.2, 0.25) is 5.91 Å². The van der Waals surface area contributed by atoms with Crippen LogP contribution in [-0.4, -0.2) is 20.3 Å². The molecule has 2 aliphatic heterocycles. The highest BCUT2D eigenvalue weighted by Gasteiger charge is 2.21. The van der Waals surface area contributed by atoms with Gasteiger partial charge in [-0.3, -0.25) is 9.59 Å². The number of benzene rings is 3. The fourth-order valence-corrected chi connectivity index (χ4v) is 3.80. The summed E-state index contributed by atoms with van der Waals surface area (Å²) in [6, 6.07) is 27.1. The Balaban J connectivity index is 1.54. The van der Waals surface area contributed by atoms with Gasteiger partial charge in [-0.15, -0.1) is 0 Å². The van der Waals surface area contributed by atoms with Crippen molar-refractivity contribution in [3.8, 4) is 11.3 Å². The monoisotopic (exact) mass is 408 g/mol. The average molecular weight is 408 g/mol. The van der Waals surface area contributed by atoms with Gasteiger partial charge in [-0.1, -0.05) is 66.7 Å². The molecule has 6 heteroatoms. The van der Waals surface area contributed by atoms with E-state index in [0.29, 0.717) is 23.5 Å². The number of carbonyl (C=O) groups excluding carboxylic acids is 1. The second kappa shape index (κ2) is 7.91. The van der Waals surface area contributed by atoms with Crippen molar-refractivity contribution < 1.29 is 4.79 Å². The van der Waals surface area contributed by atoms with E-state index >= 15 is 0 Å². The molecule has 0 radical (unpaired) electrons. The van der Waals surface area contributed by atoms with Crippen LogP contribution < -0.4 is 10.9 Å². The lowest BCUT2D eigenvalue weighted by Gasteiger charge is -2.13. The molecule has 3 aromatic carbocycles. The lowest BCUT2D eigenvalue weighted by molar-refractivity contribution is -0.116. The van der Waals surface area contributed by atoms with E-state index in [1.807, 2.05) is 66.9 Å². The van der Waals surface area contributed by atoms with E-state index in [9.17, 15) is 9.59 Å². The van der Waals surface area contributed by atoms with E-state index in [0.717, 1.165) is 16.5 Å². The zero-order chi connectivity index (χ0) is 21.2. The van der Waals surface area contributed by atoms with Gasteiger partial charge in [-0.25, -0.2) is 4.68 Å². The van der Waals surface area contributed by atoms with Gasteiger partial charge in [0.25, 0.3) is 5.56 Å². The Morgan fingerprint density at radius 2 is 1.55 bits per heavy atom. The molecule has 6 nitrogen and oxygen atoms in total. The normalized spacial score (nSPS) is 11.1. The van der Waals surface area contributed by atoms with Gasteiger partial charge < -0.3 is 9.88 Å². The Morgan fingerprint density at radius 1 is 0.871 bits per heavy atom. The summed E-state index contributed by atoms with van der Waals surface area (Å²) in [6.45, 7) is 0.492. The standard InChI is InChI=1S/C25H20N4O2/c30-23(26-19-11-5-2-6-12-19)17-29-25(31)21-16-28(15-18-9-3-1-4-10-18)22-14-8-7-13-20(22)24(21)27-29/h1-14,16H,15,17H2,(H,26,30). The van der Waals surface area contributed by atoms with Crippen LogP contribution in [0.5, 0.6) is 0 Å². The first-order valence-electron chi connectivity index (χ1n) is 10.1. The molecule has 152 valence electrons. The molecule has 0 aromatic heterocycles. The van der Waals surface area contributed by atoms with Crippen molar-refractivity contribution in [2.45, 2.75) is 13.1 Å². The molecule has 0 saturated carbocycles. The van der Waals surface area contributed by atoms with E-state index in [2.05, 4.69) is 27.1 Å². The fourth-order valence-electron chi connectivity index (χ4n) is 3.80. The van der Waals surface area contributed by atoms with Crippen LogP contribution in [0.3, 0.4) is 0 Å². The van der Waals surface area contributed by atoms with Crippen LogP contribution in [0.25, 0.3) is 22.2 Å². The number of nitrogens with one attached hydrogen (secondary N) is 1. The molecule has 0 bridgehead atoms. The highest BCUT2D eigenvalue weighted by Crippen LogP contribution is 2.27. The molecular weight excluding hydrogens is 388 g/mol. The van der Waals surface area contributed by atoms with E-state index in [1.54, 1.807) is 12.1 Å². The molecule has 3 aromatic rings. The second-order valence-corrected chi connectivity index (χ2v) is 7.40. The summed E-state index contributed by atoms with van der Waals surface area (Å²) >= 11 is 0. The van der Waals surface area contributed by atoms with Crippen molar-refractivity contribution in [2.75, 3.05) is 5.32 Å². The maximum Gasteiger partial charge on any atom is 0.278 e. The molecule has 0 spiro atoms. The number of pyridine rings is 1. The first kappa shape index (κ1) is 18.8. The van der Waals surface area contributed by atoms with Crippen molar-refractivity contribution in [3.63, 3.8) is 0 Å². The first-order chi connectivity index (χ1) is 15.2. The smallest absolute Gasteiger partial charge is 0.278 e. The maximum absolute atomic E-state index is 13.1. The minimum absolute atomic E-state index is 0.143. The third-order valence-corrected chi connectivity index (χ3v) is 5.24. The van der Waals surface area contributed by atoms with E-state index in [-0.39, 0.29) is 18.0 Å². The van der Waals surface area contributed by atoms with Gasteiger partial charge in [-0.05, 0) is 23.8 Å². The number of carbonyl (C=O) groups is 1. The van der Waals surface area contributed by atoms with Crippen LogP contribution in [0.15, 0.2) is 95.9 Å². The summed E-state index contributed by atoms with van der Waals surface area (Å²) in [5.41, 5.74) is 3.64. The minimum Gasteiger partial charge on any atom is -0.342 e.